The Bertz CT molecular complexity index is 807. The van der Waals surface area contributed by atoms with Crippen LogP contribution in [-0.2, 0) is 32.7 Å². The van der Waals surface area contributed by atoms with Crippen molar-refractivity contribution in [2.24, 2.45) is 11.8 Å². The highest BCUT2D eigenvalue weighted by molar-refractivity contribution is 7.47. The van der Waals surface area contributed by atoms with Crippen LogP contribution in [0.5, 0.6) is 0 Å². The van der Waals surface area contributed by atoms with Gasteiger partial charge in [-0.3, -0.25) is 18.6 Å². The van der Waals surface area contributed by atoms with Crippen LogP contribution in [0.4, 0.5) is 0 Å². The molecule has 286 valence electrons. The van der Waals surface area contributed by atoms with Crippen LogP contribution in [0.15, 0.2) is 0 Å². The Morgan fingerprint density at radius 2 is 0.938 bits per heavy atom. The van der Waals surface area contributed by atoms with Crippen molar-refractivity contribution in [1.82, 2.24) is 0 Å². The number of hydrogen-bond donors (Lipinski definition) is 3. The third-order valence-electron chi connectivity index (χ3n) is 8.37. The number of phosphoric ester groups is 1. The highest BCUT2D eigenvalue weighted by Crippen LogP contribution is 2.43. The van der Waals surface area contributed by atoms with E-state index in [0.29, 0.717) is 12.8 Å². The van der Waals surface area contributed by atoms with E-state index in [-0.39, 0.29) is 19.4 Å². The lowest BCUT2D eigenvalue weighted by atomic mass is 10.0. The van der Waals surface area contributed by atoms with Crippen LogP contribution >= 0.6 is 7.82 Å². The molecule has 0 radical (unpaired) electrons. The summed E-state index contributed by atoms with van der Waals surface area (Å²) in [4.78, 5) is 34.8. The quantitative estimate of drug-likeness (QED) is 0.0330. The first-order chi connectivity index (χ1) is 22.9. The van der Waals surface area contributed by atoms with E-state index in [2.05, 4.69) is 32.2 Å². The maximum absolute atomic E-state index is 12.5. The summed E-state index contributed by atoms with van der Waals surface area (Å²) in [6.45, 7) is 6.96. The lowest BCUT2D eigenvalue weighted by molar-refractivity contribution is -0.161. The van der Waals surface area contributed by atoms with Crippen LogP contribution in [0.2, 0.25) is 0 Å². The standard InChI is InChI=1S/C37H73O10P/c1-32(2)24-20-16-12-9-7-5-6-8-10-14-19-23-27-37(41)47-35(31-46-48(42,43)45-29-34(39)28-38)30-44-36(40)26-22-18-15-11-13-17-21-25-33(3)4/h32-35,38-39H,5-31H2,1-4H3,(H,42,43)/t34-,35+/m0/s1. The number of esters is 2. The summed E-state index contributed by atoms with van der Waals surface area (Å²) in [5.41, 5.74) is 0. The minimum absolute atomic E-state index is 0.189. The first-order valence-electron chi connectivity index (χ1n) is 19.2. The van der Waals surface area contributed by atoms with Crippen molar-refractivity contribution in [2.75, 3.05) is 26.4 Å². The maximum Gasteiger partial charge on any atom is 0.472 e. The largest absolute Gasteiger partial charge is 0.472 e. The maximum atomic E-state index is 12.5. The van der Waals surface area contributed by atoms with E-state index in [1.54, 1.807) is 0 Å². The first-order valence-corrected chi connectivity index (χ1v) is 20.7. The van der Waals surface area contributed by atoms with Crippen molar-refractivity contribution in [3.8, 4) is 0 Å². The molecular formula is C37H73O10P. The Labute approximate surface area is 293 Å². The van der Waals surface area contributed by atoms with E-state index >= 15 is 0 Å². The number of phosphoric acid groups is 1. The van der Waals surface area contributed by atoms with Gasteiger partial charge >= 0.3 is 19.8 Å². The van der Waals surface area contributed by atoms with Gasteiger partial charge in [-0.1, -0.05) is 150 Å². The Kier molecular flexibility index (Phi) is 31.2. The summed E-state index contributed by atoms with van der Waals surface area (Å²) in [6.07, 6.45) is 22.4. The molecular weight excluding hydrogens is 635 g/mol. The zero-order valence-corrected chi connectivity index (χ0v) is 31.9. The second-order valence-electron chi connectivity index (χ2n) is 14.3. The molecule has 0 heterocycles. The molecule has 0 amide bonds. The van der Waals surface area contributed by atoms with Gasteiger partial charge in [-0.05, 0) is 24.7 Å². The van der Waals surface area contributed by atoms with Gasteiger partial charge in [0.1, 0.15) is 12.7 Å². The summed E-state index contributed by atoms with van der Waals surface area (Å²) < 4.78 is 32.6. The average Bonchev–Trinajstić information content (AvgIpc) is 3.03. The molecule has 0 aromatic carbocycles. The van der Waals surface area contributed by atoms with E-state index in [0.717, 1.165) is 50.4 Å². The van der Waals surface area contributed by atoms with Crippen LogP contribution in [0.25, 0.3) is 0 Å². The molecule has 0 rings (SSSR count). The van der Waals surface area contributed by atoms with Gasteiger partial charge in [0.25, 0.3) is 0 Å². The Morgan fingerprint density at radius 3 is 1.35 bits per heavy atom. The molecule has 3 N–H and O–H groups in total. The third-order valence-corrected chi connectivity index (χ3v) is 9.32. The molecule has 3 atom stereocenters. The van der Waals surface area contributed by atoms with E-state index in [1.165, 1.54) is 83.5 Å². The number of aliphatic hydroxyl groups is 2. The number of hydrogen-bond acceptors (Lipinski definition) is 9. The zero-order chi connectivity index (χ0) is 35.9. The summed E-state index contributed by atoms with van der Waals surface area (Å²) >= 11 is 0. The number of ether oxygens (including phenoxy) is 2. The molecule has 0 aliphatic rings. The van der Waals surface area contributed by atoms with Gasteiger partial charge in [0.05, 0.1) is 19.8 Å². The molecule has 10 nitrogen and oxygen atoms in total. The molecule has 11 heteroatoms. The van der Waals surface area contributed by atoms with Crippen LogP contribution < -0.4 is 0 Å². The van der Waals surface area contributed by atoms with Gasteiger partial charge in [0.2, 0.25) is 0 Å². The molecule has 0 fully saturated rings. The lowest BCUT2D eigenvalue weighted by Gasteiger charge is -2.20. The van der Waals surface area contributed by atoms with Gasteiger partial charge in [-0.25, -0.2) is 4.57 Å². The second kappa shape index (κ2) is 31.9. The molecule has 0 aliphatic heterocycles. The summed E-state index contributed by atoms with van der Waals surface area (Å²) in [7, 11) is -4.60. The lowest BCUT2D eigenvalue weighted by Crippen LogP contribution is -2.29. The third kappa shape index (κ3) is 33.5. The zero-order valence-electron chi connectivity index (χ0n) is 31.0. The molecule has 0 saturated heterocycles. The van der Waals surface area contributed by atoms with Crippen molar-refractivity contribution >= 4 is 19.8 Å². The summed E-state index contributed by atoms with van der Waals surface area (Å²) in [5, 5.41) is 18.3. The van der Waals surface area contributed by atoms with Crippen molar-refractivity contribution in [1.29, 1.82) is 0 Å². The number of unbranched alkanes of at least 4 members (excludes halogenated alkanes) is 17. The van der Waals surface area contributed by atoms with Gasteiger partial charge in [0.15, 0.2) is 6.10 Å². The van der Waals surface area contributed by atoms with Crippen molar-refractivity contribution in [3.63, 3.8) is 0 Å². The normalized spacial score (nSPS) is 14.3. The van der Waals surface area contributed by atoms with E-state index in [1.807, 2.05) is 0 Å². The predicted molar refractivity (Wildman–Crippen MR) is 192 cm³/mol. The molecule has 0 spiro atoms. The monoisotopic (exact) mass is 708 g/mol. The highest BCUT2D eigenvalue weighted by atomic mass is 31.2. The average molecular weight is 709 g/mol. The van der Waals surface area contributed by atoms with E-state index in [4.69, 9.17) is 19.1 Å². The molecule has 1 unspecified atom stereocenters. The van der Waals surface area contributed by atoms with Gasteiger partial charge in [-0.2, -0.15) is 0 Å². The van der Waals surface area contributed by atoms with Crippen LogP contribution in [0.3, 0.4) is 0 Å². The number of rotatable bonds is 35. The van der Waals surface area contributed by atoms with Crippen LogP contribution in [0.1, 0.15) is 175 Å². The van der Waals surface area contributed by atoms with Crippen LogP contribution in [-0.4, -0.2) is 65.7 Å². The minimum atomic E-state index is -4.60. The minimum Gasteiger partial charge on any atom is -0.462 e. The van der Waals surface area contributed by atoms with Crippen molar-refractivity contribution in [2.45, 2.75) is 188 Å². The van der Waals surface area contributed by atoms with Gasteiger partial charge < -0.3 is 24.6 Å². The topological polar surface area (TPSA) is 149 Å². The molecule has 0 aliphatic carbocycles. The van der Waals surface area contributed by atoms with Crippen LogP contribution in [0, 0.1) is 11.8 Å². The fraction of sp³-hybridized carbons (Fsp3) is 0.946. The van der Waals surface area contributed by atoms with E-state index in [9.17, 15) is 24.2 Å². The van der Waals surface area contributed by atoms with Crippen molar-refractivity contribution in [3.05, 3.63) is 0 Å². The van der Waals surface area contributed by atoms with Crippen molar-refractivity contribution < 1.29 is 47.8 Å². The fourth-order valence-electron chi connectivity index (χ4n) is 5.36. The Balaban J connectivity index is 4.33. The Hall–Kier alpha value is -1.03. The van der Waals surface area contributed by atoms with Gasteiger partial charge in [0, 0.05) is 12.8 Å². The molecule has 0 saturated carbocycles. The summed E-state index contributed by atoms with van der Waals surface area (Å²) in [6, 6.07) is 0. The van der Waals surface area contributed by atoms with E-state index < -0.39 is 51.8 Å². The van der Waals surface area contributed by atoms with Gasteiger partial charge in [-0.15, -0.1) is 0 Å². The predicted octanol–water partition coefficient (Wildman–Crippen LogP) is 9.21. The molecule has 0 bridgehead atoms. The summed E-state index contributed by atoms with van der Waals surface area (Å²) in [5.74, 6) is 0.633. The second-order valence-corrected chi connectivity index (χ2v) is 15.7. The molecule has 0 aromatic heterocycles. The number of carbonyl (C=O) groups is 2. The number of aliphatic hydroxyl groups excluding tert-OH is 2. The smallest absolute Gasteiger partial charge is 0.462 e. The molecule has 48 heavy (non-hydrogen) atoms. The first kappa shape index (κ1) is 47.0. The fourth-order valence-corrected chi connectivity index (χ4v) is 6.15. The SMILES string of the molecule is CC(C)CCCCCCCCCCCCCCC(=O)O[C@H](COC(=O)CCCCCCCCCC(C)C)COP(=O)(O)OC[C@@H](O)CO. The Morgan fingerprint density at radius 1 is 0.562 bits per heavy atom. The highest BCUT2D eigenvalue weighted by Gasteiger charge is 2.27. The number of carbonyl (C=O) groups excluding carboxylic acids is 2. The molecule has 0 aromatic rings.